The van der Waals surface area contributed by atoms with Crippen LogP contribution >= 0.6 is 15.9 Å². The van der Waals surface area contributed by atoms with Crippen LogP contribution in [-0.2, 0) is 9.53 Å². The number of nitrogens with zero attached hydrogens (tertiary/aromatic N) is 1. The van der Waals surface area contributed by atoms with E-state index < -0.39 is 0 Å². The number of morpholine rings is 1. The lowest BCUT2D eigenvalue weighted by molar-refractivity contribution is -0.127. The molecule has 1 aromatic carbocycles. The Morgan fingerprint density at radius 1 is 1.56 bits per heavy atom. The predicted molar refractivity (Wildman–Crippen MR) is 72.7 cm³/mol. The number of aliphatic hydroxyl groups is 1. The van der Waals surface area contributed by atoms with Crippen LogP contribution in [0.1, 0.15) is 12.0 Å². The summed E-state index contributed by atoms with van der Waals surface area (Å²) < 4.78 is 6.13. The van der Waals surface area contributed by atoms with Crippen LogP contribution in [0.3, 0.4) is 0 Å². The second-order valence-corrected chi connectivity index (χ2v) is 5.25. The molecule has 1 fully saturated rings. The Morgan fingerprint density at radius 2 is 2.33 bits per heavy atom. The maximum atomic E-state index is 12.0. The minimum absolute atomic E-state index is 0.0429. The third kappa shape index (κ3) is 2.74. The molecule has 0 saturated carbocycles. The van der Waals surface area contributed by atoms with Gasteiger partial charge in [-0.3, -0.25) is 4.79 Å². The summed E-state index contributed by atoms with van der Waals surface area (Å²) >= 11 is 3.49. The largest absolute Gasteiger partial charge is 0.396 e. The minimum atomic E-state index is -0.102. The molecular formula is C13H16BrNO3. The first-order chi connectivity index (χ1) is 8.63. The lowest BCUT2D eigenvalue weighted by Gasteiger charge is -2.35. The molecule has 0 aromatic heterocycles. The van der Waals surface area contributed by atoms with Crippen LogP contribution in [0, 0.1) is 6.92 Å². The molecular weight excluding hydrogens is 298 g/mol. The summed E-state index contributed by atoms with van der Waals surface area (Å²) in [4.78, 5) is 13.7. The Bertz CT molecular complexity index is 448. The van der Waals surface area contributed by atoms with E-state index in [4.69, 9.17) is 9.84 Å². The second-order valence-electron chi connectivity index (χ2n) is 4.40. The van der Waals surface area contributed by atoms with Gasteiger partial charge in [-0.05, 0) is 47.0 Å². The summed E-state index contributed by atoms with van der Waals surface area (Å²) in [5.74, 6) is -0.0655. The molecule has 4 nitrogen and oxygen atoms in total. The second kappa shape index (κ2) is 5.82. The fourth-order valence-electron chi connectivity index (χ4n) is 2.13. The highest BCUT2D eigenvalue weighted by molar-refractivity contribution is 9.10. The van der Waals surface area contributed by atoms with Crippen LogP contribution in [0.5, 0.6) is 0 Å². The van der Waals surface area contributed by atoms with E-state index in [1.165, 1.54) is 0 Å². The zero-order valence-electron chi connectivity index (χ0n) is 10.2. The summed E-state index contributed by atoms with van der Waals surface area (Å²) in [6.45, 7) is 2.61. The van der Waals surface area contributed by atoms with Gasteiger partial charge in [-0.15, -0.1) is 0 Å². The zero-order chi connectivity index (χ0) is 13.1. The molecule has 1 N–H and O–H groups in total. The van der Waals surface area contributed by atoms with Crippen LogP contribution in [0.4, 0.5) is 5.69 Å². The topological polar surface area (TPSA) is 49.8 Å². The van der Waals surface area contributed by atoms with Gasteiger partial charge in [-0.25, -0.2) is 0 Å². The minimum Gasteiger partial charge on any atom is -0.396 e. The summed E-state index contributed by atoms with van der Waals surface area (Å²) in [5, 5.41) is 9.08. The molecule has 0 aliphatic carbocycles. The number of anilines is 1. The Balaban J connectivity index is 2.34. The van der Waals surface area contributed by atoms with Crippen molar-refractivity contribution in [2.24, 2.45) is 0 Å². The van der Waals surface area contributed by atoms with Crippen LogP contribution in [0.25, 0.3) is 0 Å². The fourth-order valence-corrected chi connectivity index (χ4v) is 2.81. The Morgan fingerprint density at radius 3 is 3.00 bits per heavy atom. The van der Waals surface area contributed by atoms with Gasteiger partial charge < -0.3 is 14.7 Å². The summed E-state index contributed by atoms with van der Waals surface area (Å²) in [6.07, 6.45) is 0.520. The Labute approximate surface area is 115 Å². The van der Waals surface area contributed by atoms with Gasteiger partial charge in [0.05, 0.1) is 18.3 Å². The molecule has 1 amide bonds. The molecule has 1 aromatic rings. The van der Waals surface area contributed by atoms with Crippen LogP contribution in [0.15, 0.2) is 22.7 Å². The number of aliphatic hydroxyl groups excluding tert-OH is 1. The number of hydrogen-bond acceptors (Lipinski definition) is 3. The van der Waals surface area contributed by atoms with Gasteiger partial charge in [-0.1, -0.05) is 6.07 Å². The smallest absolute Gasteiger partial charge is 0.253 e. The molecule has 18 heavy (non-hydrogen) atoms. The van der Waals surface area contributed by atoms with Crippen molar-refractivity contribution in [1.29, 1.82) is 0 Å². The van der Waals surface area contributed by atoms with Crippen molar-refractivity contribution in [1.82, 2.24) is 0 Å². The van der Waals surface area contributed by atoms with E-state index in [2.05, 4.69) is 15.9 Å². The van der Waals surface area contributed by atoms with E-state index in [-0.39, 0.29) is 25.2 Å². The van der Waals surface area contributed by atoms with Crippen molar-refractivity contribution in [3.63, 3.8) is 0 Å². The molecule has 0 bridgehead atoms. The molecule has 1 heterocycles. The van der Waals surface area contributed by atoms with Crippen LogP contribution < -0.4 is 4.90 Å². The van der Waals surface area contributed by atoms with Gasteiger partial charge >= 0.3 is 0 Å². The number of halogens is 1. The van der Waals surface area contributed by atoms with Gasteiger partial charge in [0, 0.05) is 11.1 Å². The molecule has 0 radical (unpaired) electrons. The average Bonchev–Trinajstić information content (AvgIpc) is 2.31. The average molecular weight is 314 g/mol. The Hall–Kier alpha value is -0.910. The van der Waals surface area contributed by atoms with Crippen molar-refractivity contribution in [2.75, 3.05) is 24.7 Å². The number of amides is 1. The van der Waals surface area contributed by atoms with Gasteiger partial charge in [0.15, 0.2) is 0 Å². The monoisotopic (exact) mass is 313 g/mol. The molecule has 2 rings (SSSR count). The van der Waals surface area contributed by atoms with Gasteiger partial charge in [0.2, 0.25) is 0 Å². The summed E-state index contributed by atoms with van der Waals surface area (Å²) in [6, 6.07) is 5.77. The highest BCUT2D eigenvalue weighted by Gasteiger charge is 2.30. The number of aryl methyl sites for hydroxylation is 1. The van der Waals surface area contributed by atoms with E-state index in [1.54, 1.807) is 4.90 Å². The molecule has 1 aliphatic rings. The van der Waals surface area contributed by atoms with Gasteiger partial charge in [0.25, 0.3) is 5.91 Å². The quantitative estimate of drug-likeness (QED) is 0.927. The Kier molecular flexibility index (Phi) is 4.37. The number of benzene rings is 1. The van der Waals surface area contributed by atoms with E-state index in [0.717, 1.165) is 15.7 Å². The van der Waals surface area contributed by atoms with Crippen molar-refractivity contribution in [3.05, 3.63) is 28.2 Å². The number of hydrogen-bond donors (Lipinski definition) is 1. The van der Waals surface area contributed by atoms with Crippen LogP contribution in [-0.4, -0.2) is 36.9 Å². The lowest BCUT2D eigenvalue weighted by Crippen LogP contribution is -2.50. The first-order valence-electron chi connectivity index (χ1n) is 5.90. The van der Waals surface area contributed by atoms with E-state index in [1.807, 2.05) is 25.1 Å². The highest BCUT2D eigenvalue weighted by atomic mass is 79.9. The summed E-state index contributed by atoms with van der Waals surface area (Å²) in [7, 11) is 0. The number of ether oxygens (including phenoxy) is 1. The standard InChI is InChI=1S/C13H16BrNO3/c1-9-2-3-12(11(14)6-9)15-10(4-5-16)7-18-8-13(15)17/h2-3,6,10,16H,4-5,7-8H2,1H3. The third-order valence-electron chi connectivity index (χ3n) is 2.99. The van der Waals surface area contributed by atoms with Crippen molar-refractivity contribution in [3.8, 4) is 0 Å². The fraction of sp³-hybridized carbons (Fsp3) is 0.462. The first-order valence-corrected chi connectivity index (χ1v) is 6.69. The maximum Gasteiger partial charge on any atom is 0.253 e. The SMILES string of the molecule is Cc1ccc(N2C(=O)COCC2CCO)c(Br)c1. The van der Waals surface area contributed by atoms with Gasteiger partial charge in [-0.2, -0.15) is 0 Å². The molecule has 98 valence electrons. The lowest BCUT2D eigenvalue weighted by atomic mass is 10.1. The number of carbonyl (C=O) groups excluding carboxylic acids is 1. The third-order valence-corrected chi connectivity index (χ3v) is 3.63. The number of rotatable bonds is 3. The zero-order valence-corrected chi connectivity index (χ0v) is 11.8. The highest BCUT2D eigenvalue weighted by Crippen LogP contribution is 2.30. The molecule has 1 aliphatic heterocycles. The number of carbonyl (C=O) groups is 1. The van der Waals surface area contributed by atoms with Crippen molar-refractivity contribution >= 4 is 27.5 Å². The van der Waals surface area contributed by atoms with Crippen molar-refractivity contribution in [2.45, 2.75) is 19.4 Å². The van der Waals surface area contributed by atoms with Gasteiger partial charge in [0.1, 0.15) is 6.61 Å². The molecule has 1 unspecified atom stereocenters. The normalized spacial score (nSPS) is 20.3. The first kappa shape index (κ1) is 13.5. The molecule has 0 spiro atoms. The van der Waals surface area contributed by atoms with E-state index in [9.17, 15) is 4.79 Å². The molecule has 1 atom stereocenters. The molecule has 5 heteroatoms. The predicted octanol–water partition coefficient (Wildman–Crippen LogP) is 1.87. The van der Waals surface area contributed by atoms with Crippen LogP contribution in [0.2, 0.25) is 0 Å². The van der Waals surface area contributed by atoms with Crippen molar-refractivity contribution < 1.29 is 14.6 Å². The van der Waals surface area contributed by atoms with E-state index >= 15 is 0 Å². The molecule has 1 saturated heterocycles. The van der Waals surface area contributed by atoms with E-state index in [0.29, 0.717) is 13.0 Å². The maximum absolute atomic E-state index is 12.0. The summed E-state index contributed by atoms with van der Waals surface area (Å²) in [5.41, 5.74) is 1.97.